The van der Waals surface area contributed by atoms with E-state index < -0.39 is 0 Å². The van der Waals surface area contributed by atoms with Crippen molar-refractivity contribution in [3.63, 3.8) is 0 Å². The van der Waals surface area contributed by atoms with Crippen LogP contribution in [0.2, 0.25) is 0 Å². The van der Waals surface area contributed by atoms with Crippen LogP contribution in [-0.2, 0) is 0 Å². The first-order valence-electron chi connectivity index (χ1n) is 9.91. The Labute approximate surface area is 136 Å². The molecular formula is C19H36N2O. The second-order valence-electron chi connectivity index (χ2n) is 8.03. The SMILES string of the molecule is CCC1CNCCC1CCC(O)C1CCNC2CCCCC21. The first-order chi connectivity index (χ1) is 10.8. The van der Waals surface area contributed by atoms with Gasteiger partial charge >= 0.3 is 0 Å². The van der Waals surface area contributed by atoms with Gasteiger partial charge in [0.15, 0.2) is 0 Å². The van der Waals surface area contributed by atoms with E-state index in [1.165, 1.54) is 64.5 Å². The second kappa shape index (κ2) is 8.12. The third-order valence-corrected chi connectivity index (χ3v) is 6.87. The molecule has 6 unspecified atom stereocenters. The van der Waals surface area contributed by atoms with E-state index in [9.17, 15) is 5.11 Å². The lowest BCUT2D eigenvalue weighted by Gasteiger charge is -2.44. The summed E-state index contributed by atoms with van der Waals surface area (Å²) in [6.07, 6.45) is 11.4. The van der Waals surface area contributed by atoms with Crippen LogP contribution in [-0.4, -0.2) is 36.9 Å². The molecule has 0 aromatic rings. The fourth-order valence-electron chi connectivity index (χ4n) is 5.49. The van der Waals surface area contributed by atoms with E-state index in [0.29, 0.717) is 12.0 Å². The van der Waals surface area contributed by atoms with Gasteiger partial charge in [0, 0.05) is 6.04 Å². The van der Waals surface area contributed by atoms with Gasteiger partial charge in [0.1, 0.15) is 0 Å². The lowest BCUT2D eigenvalue weighted by molar-refractivity contribution is 0.00984. The number of hydrogen-bond acceptors (Lipinski definition) is 3. The van der Waals surface area contributed by atoms with Crippen molar-refractivity contribution in [1.29, 1.82) is 0 Å². The number of aliphatic hydroxyl groups is 1. The van der Waals surface area contributed by atoms with Gasteiger partial charge in [-0.1, -0.05) is 26.2 Å². The van der Waals surface area contributed by atoms with Gasteiger partial charge < -0.3 is 15.7 Å². The molecule has 2 heterocycles. The first-order valence-corrected chi connectivity index (χ1v) is 9.91. The summed E-state index contributed by atoms with van der Waals surface area (Å²) in [4.78, 5) is 0. The number of aliphatic hydroxyl groups excluding tert-OH is 1. The molecule has 1 saturated carbocycles. The molecule has 22 heavy (non-hydrogen) atoms. The van der Waals surface area contributed by atoms with Gasteiger partial charge in [-0.15, -0.1) is 0 Å². The van der Waals surface area contributed by atoms with E-state index in [2.05, 4.69) is 17.6 Å². The quantitative estimate of drug-likeness (QED) is 0.732. The zero-order valence-corrected chi connectivity index (χ0v) is 14.4. The summed E-state index contributed by atoms with van der Waals surface area (Å²) in [6, 6.07) is 0.699. The molecule has 0 radical (unpaired) electrons. The fourth-order valence-corrected chi connectivity index (χ4v) is 5.49. The smallest absolute Gasteiger partial charge is 0.0572 e. The van der Waals surface area contributed by atoms with E-state index >= 15 is 0 Å². The Kier molecular flexibility index (Phi) is 6.17. The highest BCUT2D eigenvalue weighted by Gasteiger charge is 2.38. The largest absolute Gasteiger partial charge is 0.393 e. The molecule has 3 rings (SSSR count). The highest BCUT2D eigenvalue weighted by atomic mass is 16.3. The molecule has 3 heteroatoms. The monoisotopic (exact) mass is 308 g/mol. The Morgan fingerprint density at radius 2 is 1.91 bits per heavy atom. The molecule has 6 atom stereocenters. The lowest BCUT2D eigenvalue weighted by Crippen LogP contribution is -2.50. The Hall–Kier alpha value is -0.120. The highest BCUT2D eigenvalue weighted by Crippen LogP contribution is 2.38. The minimum absolute atomic E-state index is 0.0555. The zero-order valence-electron chi connectivity index (χ0n) is 14.4. The highest BCUT2D eigenvalue weighted by molar-refractivity contribution is 4.92. The van der Waals surface area contributed by atoms with Gasteiger partial charge in [-0.3, -0.25) is 0 Å². The number of rotatable bonds is 5. The molecule has 3 aliphatic rings. The molecule has 0 spiro atoms. The minimum atomic E-state index is -0.0555. The Morgan fingerprint density at radius 3 is 2.77 bits per heavy atom. The number of piperidine rings is 2. The maximum Gasteiger partial charge on any atom is 0.0572 e. The van der Waals surface area contributed by atoms with Gasteiger partial charge in [0.05, 0.1) is 6.10 Å². The summed E-state index contributed by atoms with van der Waals surface area (Å²) in [5, 5.41) is 18.1. The van der Waals surface area contributed by atoms with Crippen LogP contribution in [0.3, 0.4) is 0 Å². The number of hydrogen-bond donors (Lipinski definition) is 3. The normalized spacial score (nSPS) is 40.9. The maximum atomic E-state index is 10.9. The van der Waals surface area contributed by atoms with Crippen LogP contribution in [0.15, 0.2) is 0 Å². The average molecular weight is 309 g/mol. The van der Waals surface area contributed by atoms with Crippen LogP contribution in [0, 0.1) is 23.7 Å². The van der Waals surface area contributed by atoms with Crippen molar-refractivity contribution >= 4 is 0 Å². The third-order valence-electron chi connectivity index (χ3n) is 6.87. The first kappa shape index (κ1) is 16.7. The van der Waals surface area contributed by atoms with Crippen molar-refractivity contribution in [2.24, 2.45) is 23.7 Å². The van der Waals surface area contributed by atoms with Gasteiger partial charge in [0.2, 0.25) is 0 Å². The van der Waals surface area contributed by atoms with Gasteiger partial charge in [0.25, 0.3) is 0 Å². The molecule has 3 N–H and O–H groups in total. The molecule has 128 valence electrons. The van der Waals surface area contributed by atoms with Crippen LogP contribution < -0.4 is 10.6 Å². The van der Waals surface area contributed by atoms with Crippen molar-refractivity contribution in [2.45, 2.75) is 76.9 Å². The zero-order chi connectivity index (χ0) is 15.4. The Balaban J connectivity index is 1.51. The summed E-state index contributed by atoms with van der Waals surface area (Å²) in [7, 11) is 0. The van der Waals surface area contributed by atoms with Crippen LogP contribution in [0.4, 0.5) is 0 Å². The average Bonchev–Trinajstić information content (AvgIpc) is 2.59. The molecule has 0 aromatic carbocycles. The number of fused-ring (bicyclic) bond motifs is 1. The van der Waals surface area contributed by atoms with Crippen molar-refractivity contribution in [1.82, 2.24) is 10.6 Å². The third kappa shape index (κ3) is 3.85. The Morgan fingerprint density at radius 1 is 1.05 bits per heavy atom. The van der Waals surface area contributed by atoms with Crippen molar-refractivity contribution in [3.05, 3.63) is 0 Å². The van der Waals surface area contributed by atoms with Crippen LogP contribution in [0.5, 0.6) is 0 Å². The summed E-state index contributed by atoms with van der Waals surface area (Å²) in [5.74, 6) is 2.97. The van der Waals surface area contributed by atoms with E-state index in [-0.39, 0.29) is 6.10 Å². The standard InChI is InChI=1S/C19H36N2O/c1-2-14-13-20-11-9-15(14)7-8-19(22)17-10-12-21-18-6-4-3-5-16(17)18/h14-22H,2-13H2,1H3. The maximum absolute atomic E-state index is 10.9. The lowest BCUT2D eigenvalue weighted by atomic mass is 9.69. The van der Waals surface area contributed by atoms with Crippen molar-refractivity contribution in [3.8, 4) is 0 Å². The molecule has 2 aliphatic heterocycles. The predicted octanol–water partition coefficient (Wildman–Crippen LogP) is 2.93. The van der Waals surface area contributed by atoms with Gasteiger partial charge in [-0.05, 0) is 81.8 Å². The van der Waals surface area contributed by atoms with Gasteiger partial charge in [-0.2, -0.15) is 0 Å². The van der Waals surface area contributed by atoms with E-state index in [4.69, 9.17) is 0 Å². The number of nitrogens with one attached hydrogen (secondary N) is 2. The predicted molar refractivity (Wildman–Crippen MR) is 91.9 cm³/mol. The molecule has 2 saturated heterocycles. The molecule has 1 aliphatic carbocycles. The topological polar surface area (TPSA) is 44.3 Å². The molecular weight excluding hydrogens is 272 g/mol. The molecule has 0 bridgehead atoms. The molecule has 3 fully saturated rings. The summed E-state index contributed by atoms with van der Waals surface area (Å²) >= 11 is 0. The molecule has 0 aromatic heterocycles. The summed E-state index contributed by atoms with van der Waals surface area (Å²) in [6.45, 7) is 5.80. The molecule has 0 amide bonds. The van der Waals surface area contributed by atoms with Crippen LogP contribution in [0.1, 0.15) is 64.7 Å². The van der Waals surface area contributed by atoms with E-state index in [0.717, 1.165) is 30.7 Å². The summed E-state index contributed by atoms with van der Waals surface area (Å²) < 4.78 is 0. The van der Waals surface area contributed by atoms with E-state index in [1.807, 2.05) is 0 Å². The minimum Gasteiger partial charge on any atom is -0.393 e. The van der Waals surface area contributed by atoms with E-state index in [1.54, 1.807) is 0 Å². The van der Waals surface area contributed by atoms with Crippen molar-refractivity contribution < 1.29 is 5.11 Å². The van der Waals surface area contributed by atoms with Crippen LogP contribution >= 0.6 is 0 Å². The fraction of sp³-hybridized carbons (Fsp3) is 1.00. The molecule has 3 nitrogen and oxygen atoms in total. The van der Waals surface area contributed by atoms with Crippen molar-refractivity contribution in [2.75, 3.05) is 19.6 Å². The van der Waals surface area contributed by atoms with Crippen LogP contribution in [0.25, 0.3) is 0 Å². The second-order valence-corrected chi connectivity index (χ2v) is 8.03. The summed E-state index contributed by atoms with van der Waals surface area (Å²) in [5.41, 5.74) is 0. The Bertz CT molecular complexity index is 333. The van der Waals surface area contributed by atoms with Gasteiger partial charge in [-0.25, -0.2) is 0 Å².